The Kier molecular flexibility index (Phi) is 4.76. The molecule has 1 saturated heterocycles. The Labute approximate surface area is 122 Å². The fourth-order valence-corrected chi connectivity index (χ4v) is 2.08. The second-order valence-electron chi connectivity index (χ2n) is 4.50. The standard InChI is InChI=1S/C14H17N3O4/c1-2-21-14(20)16-15-13(19)10-5-3-6-11(9-10)17-8-4-7-12(17)18/h3,5-6,9H,2,4,7-8H2,1H3,(H,15,19)(H,16,20). The quantitative estimate of drug-likeness (QED) is 0.819. The van der Waals surface area contributed by atoms with Gasteiger partial charge in [0.05, 0.1) is 6.61 Å². The fourth-order valence-electron chi connectivity index (χ4n) is 2.08. The summed E-state index contributed by atoms with van der Waals surface area (Å²) in [5.74, 6) is -0.422. The van der Waals surface area contributed by atoms with Gasteiger partial charge in [-0.1, -0.05) is 6.07 Å². The molecule has 1 heterocycles. The van der Waals surface area contributed by atoms with Crippen molar-refractivity contribution in [2.24, 2.45) is 0 Å². The smallest absolute Gasteiger partial charge is 0.426 e. The lowest BCUT2D eigenvalue weighted by Gasteiger charge is -2.16. The molecule has 21 heavy (non-hydrogen) atoms. The molecule has 7 nitrogen and oxygen atoms in total. The molecule has 1 aromatic rings. The Balaban J connectivity index is 2.01. The number of hydrogen-bond donors (Lipinski definition) is 2. The average Bonchev–Trinajstić information content (AvgIpc) is 2.91. The second-order valence-corrected chi connectivity index (χ2v) is 4.50. The van der Waals surface area contributed by atoms with Gasteiger partial charge in [-0.15, -0.1) is 0 Å². The maximum Gasteiger partial charge on any atom is 0.426 e. The van der Waals surface area contributed by atoms with E-state index in [1.807, 2.05) is 0 Å². The number of benzene rings is 1. The van der Waals surface area contributed by atoms with Crippen LogP contribution in [0.3, 0.4) is 0 Å². The molecule has 2 N–H and O–H groups in total. The van der Waals surface area contributed by atoms with Gasteiger partial charge in [-0.05, 0) is 31.5 Å². The van der Waals surface area contributed by atoms with Crippen molar-refractivity contribution >= 4 is 23.6 Å². The van der Waals surface area contributed by atoms with Gasteiger partial charge in [0.15, 0.2) is 0 Å². The summed E-state index contributed by atoms with van der Waals surface area (Å²) in [4.78, 5) is 36.4. The molecule has 1 fully saturated rings. The predicted molar refractivity (Wildman–Crippen MR) is 75.7 cm³/mol. The number of carbonyl (C=O) groups is 3. The summed E-state index contributed by atoms with van der Waals surface area (Å²) < 4.78 is 4.63. The lowest BCUT2D eigenvalue weighted by molar-refractivity contribution is -0.117. The van der Waals surface area contributed by atoms with E-state index in [1.54, 1.807) is 36.1 Å². The number of amides is 3. The van der Waals surface area contributed by atoms with Crippen LogP contribution >= 0.6 is 0 Å². The number of rotatable bonds is 3. The zero-order valence-corrected chi connectivity index (χ0v) is 11.7. The highest BCUT2D eigenvalue weighted by atomic mass is 16.5. The molecule has 3 amide bonds. The zero-order valence-electron chi connectivity index (χ0n) is 11.7. The third-order valence-electron chi connectivity index (χ3n) is 3.05. The molecule has 1 aromatic carbocycles. The number of carbonyl (C=O) groups excluding carboxylic acids is 3. The zero-order chi connectivity index (χ0) is 15.2. The fraction of sp³-hybridized carbons (Fsp3) is 0.357. The van der Waals surface area contributed by atoms with Crippen molar-refractivity contribution in [3.8, 4) is 0 Å². The minimum Gasteiger partial charge on any atom is -0.449 e. The minimum atomic E-state index is -0.725. The summed E-state index contributed by atoms with van der Waals surface area (Å²) in [7, 11) is 0. The molecule has 0 atom stereocenters. The lowest BCUT2D eigenvalue weighted by atomic mass is 10.2. The average molecular weight is 291 g/mol. The van der Waals surface area contributed by atoms with Gasteiger partial charge in [0.1, 0.15) is 0 Å². The SMILES string of the molecule is CCOC(=O)NNC(=O)c1cccc(N2CCCC2=O)c1. The van der Waals surface area contributed by atoms with Crippen molar-refractivity contribution in [2.45, 2.75) is 19.8 Å². The van der Waals surface area contributed by atoms with Crippen molar-refractivity contribution in [1.82, 2.24) is 10.9 Å². The van der Waals surface area contributed by atoms with E-state index in [9.17, 15) is 14.4 Å². The Morgan fingerprint density at radius 2 is 2.14 bits per heavy atom. The van der Waals surface area contributed by atoms with Crippen LogP contribution in [0.4, 0.5) is 10.5 Å². The number of anilines is 1. The third-order valence-corrected chi connectivity index (χ3v) is 3.05. The van der Waals surface area contributed by atoms with Gasteiger partial charge in [-0.3, -0.25) is 15.0 Å². The van der Waals surface area contributed by atoms with Crippen molar-refractivity contribution in [3.05, 3.63) is 29.8 Å². The predicted octanol–water partition coefficient (Wildman–Crippen LogP) is 1.20. The van der Waals surface area contributed by atoms with Crippen LogP contribution in [-0.2, 0) is 9.53 Å². The Morgan fingerprint density at radius 3 is 2.81 bits per heavy atom. The topological polar surface area (TPSA) is 87.7 Å². The van der Waals surface area contributed by atoms with Gasteiger partial charge in [0.2, 0.25) is 5.91 Å². The van der Waals surface area contributed by atoms with E-state index in [1.165, 1.54) is 0 Å². The van der Waals surface area contributed by atoms with Gasteiger partial charge < -0.3 is 9.64 Å². The molecular formula is C14H17N3O4. The molecule has 0 unspecified atom stereocenters. The van der Waals surface area contributed by atoms with Gasteiger partial charge >= 0.3 is 6.09 Å². The number of hydrogen-bond acceptors (Lipinski definition) is 4. The molecule has 2 rings (SSSR count). The summed E-state index contributed by atoms with van der Waals surface area (Å²) in [5.41, 5.74) is 5.42. The van der Waals surface area contributed by atoms with Crippen LogP contribution in [0.15, 0.2) is 24.3 Å². The summed E-state index contributed by atoms with van der Waals surface area (Å²) in [6.45, 7) is 2.54. The monoisotopic (exact) mass is 291 g/mol. The molecule has 1 aliphatic heterocycles. The van der Waals surface area contributed by atoms with Crippen LogP contribution in [0, 0.1) is 0 Å². The summed E-state index contributed by atoms with van der Waals surface area (Å²) in [6, 6.07) is 6.69. The van der Waals surface area contributed by atoms with Crippen LogP contribution < -0.4 is 15.8 Å². The molecule has 112 valence electrons. The maximum atomic E-state index is 11.9. The van der Waals surface area contributed by atoms with Crippen LogP contribution in [0.25, 0.3) is 0 Å². The van der Waals surface area contributed by atoms with E-state index in [-0.39, 0.29) is 12.5 Å². The molecule has 1 aliphatic rings. The first kappa shape index (κ1) is 14.8. The van der Waals surface area contributed by atoms with Crippen LogP contribution in [0.1, 0.15) is 30.1 Å². The largest absolute Gasteiger partial charge is 0.449 e. The Hall–Kier alpha value is -2.57. The third kappa shape index (κ3) is 3.71. The lowest BCUT2D eigenvalue weighted by Crippen LogP contribution is -2.42. The Bertz CT molecular complexity index is 559. The number of nitrogens with zero attached hydrogens (tertiary/aromatic N) is 1. The van der Waals surface area contributed by atoms with Gasteiger partial charge in [-0.25, -0.2) is 10.2 Å². The minimum absolute atomic E-state index is 0.0530. The van der Waals surface area contributed by atoms with E-state index in [4.69, 9.17) is 0 Å². The van der Waals surface area contributed by atoms with E-state index in [0.717, 1.165) is 6.42 Å². The number of ether oxygens (including phenoxy) is 1. The second kappa shape index (κ2) is 6.74. The summed E-state index contributed by atoms with van der Waals surface area (Å²) >= 11 is 0. The molecular weight excluding hydrogens is 274 g/mol. The molecule has 0 bridgehead atoms. The summed E-state index contributed by atoms with van der Waals surface area (Å²) in [5, 5.41) is 0. The van der Waals surface area contributed by atoms with E-state index >= 15 is 0 Å². The molecule has 0 spiro atoms. The molecule has 0 saturated carbocycles. The van der Waals surface area contributed by atoms with Crippen molar-refractivity contribution in [2.75, 3.05) is 18.1 Å². The van der Waals surface area contributed by atoms with E-state index in [2.05, 4.69) is 15.6 Å². The van der Waals surface area contributed by atoms with Gasteiger partial charge in [0.25, 0.3) is 5.91 Å². The summed E-state index contributed by atoms with van der Waals surface area (Å²) in [6.07, 6.45) is 0.622. The highest BCUT2D eigenvalue weighted by Gasteiger charge is 2.22. The highest BCUT2D eigenvalue weighted by Crippen LogP contribution is 2.22. The number of nitrogens with one attached hydrogen (secondary N) is 2. The Morgan fingerprint density at radius 1 is 1.33 bits per heavy atom. The van der Waals surface area contributed by atoms with E-state index in [0.29, 0.717) is 24.2 Å². The van der Waals surface area contributed by atoms with Crippen molar-refractivity contribution in [3.63, 3.8) is 0 Å². The van der Waals surface area contributed by atoms with Crippen molar-refractivity contribution < 1.29 is 19.1 Å². The van der Waals surface area contributed by atoms with Gasteiger partial charge in [-0.2, -0.15) is 0 Å². The first-order chi connectivity index (χ1) is 10.1. The molecule has 0 aromatic heterocycles. The van der Waals surface area contributed by atoms with Crippen LogP contribution in [0.5, 0.6) is 0 Å². The molecule has 0 radical (unpaired) electrons. The highest BCUT2D eigenvalue weighted by molar-refractivity contribution is 5.99. The van der Waals surface area contributed by atoms with Gasteiger partial charge in [0, 0.05) is 24.2 Å². The van der Waals surface area contributed by atoms with Crippen LogP contribution in [0.2, 0.25) is 0 Å². The maximum absolute atomic E-state index is 11.9. The first-order valence-corrected chi connectivity index (χ1v) is 6.75. The first-order valence-electron chi connectivity index (χ1n) is 6.75. The van der Waals surface area contributed by atoms with Crippen LogP contribution in [-0.4, -0.2) is 31.1 Å². The molecule has 7 heteroatoms. The molecule has 0 aliphatic carbocycles. The normalized spacial score (nSPS) is 14.0. The number of hydrazine groups is 1. The van der Waals surface area contributed by atoms with Crippen molar-refractivity contribution in [1.29, 1.82) is 0 Å². The van der Waals surface area contributed by atoms with E-state index < -0.39 is 12.0 Å².